The van der Waals surface area contributed by atoms with E-state index in [1.165, 1.54) is 24.8 Å². The minimum absolute atomic E-state index is 0.597. The molecule has 0 saturated carbocycles. The highest BCUT2D eigenvalue weighted by Crippen LogP contribution is 2.14. The van der Waals surface area contributed by atoms with Crippen LogP contribution in [0.3, 0.4) is 0 Å². The zero-order chi connectivity index (χ0) is 13.9. The van der Waals surface area contributed by atoms with Crippen molar-refractivity contribution >= 4 is 0 Å². The normalized spacial score (nSPS) is 12.1. The van der Waals surface area contributed by atoms with Crippen LogP contribution in [0.15, 0.2) is 36.9 Å². The van der Waals surface area contributed by atoms with Gasteiger partial charge in [-0.2, -0.15) is 0 Å². The largest absolute Gasteiger partial charge is 0.497 e. The Kier molecular flexibility index (Phi) is 7.99. The van der Waals surface area contributed by atoms with Gasteiger partial charge in [-0.25, -0.2) is 0 Å². The van der Waals surface area contributed by atoms with Crippen LogP contribution >= 0.6 is 0 Å². The summed E-state index contributed by atoms with van der Waals surface area (Å²) >= 11 is 0. The maximum atomic E-state index is 5.18. The van der Waals surface area contributed by atoms with Crippen molar-refractivity contribution < 1.29 is 4.74 Å². The zero-order valence-corrected chi connectivity index (χ0v) is 12.3. The number of hydrogen-bond acceptors (Lipinski definition) is 2. The van der Waals surface area contributed by atoms with Crippen molar-refractivity contribution in [3.05, 3.63) is 42.5 Å². The molecule has 1 atom stereocenters. The molecule has 19 heavy (non-hydrogen) atoms. The summed E-state index contributed by atoms with van der Waals surface area (Å²) in [4.78, 5) is 0. The minimum atomic E-state index is 0.597. The van der Waals surface area contributed by atoms with Crippen molar-refractivity contribution in [2.24, 2.45) is 0 Å². The summed E-state index contributed by atoms with van der Waals surface area (Å²) in [5.74, 6) is 0.927. The second kappa shape index (κ2) is 9.62. The van der Waals surface area contributed by atoms with Crippen LogP contribution in [-0.2, 0) is 6.42 Å². The Hall–Kier alpha value is -1.28. The highest BCUT2D eigenvalue weighted by Gasteiger charge is 2.07. The van der Waals surface area contributed by atoms with Gasteiger partial charge in [0.05, 0.1) is 7.11 Å². The number of allylic oxidation sites excluding steroid dienone is 1. The van der Waals surface area contributed by atoms with E-state index < -0.39 is 0 Å². The van der Waals surface area contributed by atoms with Gasteiger partial charge in [-0.05, 0) is 56.3 Å². The monoisotopic (exact) mass is 261 g/mol. The molecule has 0 aliphatic heterocycles. The first-order valence-electron chi connectivity index (χ1n) is 7.27. The van der Waals surface area contributed by atoms with Gasteiger partial charge in [0.1, 0.15) is 5.75 Å². The fourth-order valence-corrected chi connectivity index (χ4v) is 2.15. The Labute approximate surface area is 117 Å². The van der Waals surface area contributed by atoms with E-state index in [1.54, 1.807) is 7.11 Å². The summed E-state index contributed by atoms with van der Waals surface area (Å²) < 4.78 is 5.18. The van der Waals surface area contributed by atoms with Crippen LogP contribution < -0.4 is 10.1 Å². The van der Waals surface area contributed by atoms with E-state index in [1.807, 2.05) is 18.2 Å². The number of hydrogen-bond donors (Lipinski definition) is 1. The van der Waals surface area contributed by atoms with Crippen LogP contribution in [0, 0.1) is 0 Å². The smallest absolute Gasteiger partial charge is 0.118 e. The highest BCUT2D eigenvalue weighted by molar-refractivity contribution is 5.27. The Balaban J connectivity index is 2.41. The Morgan fingerprint density at radius 1 is 1.26 bits per heavy atom. The van der Waals surface area contributed by atoms with Gasteiger partial charge in [-0.1, -0.05) is 25.1 Å². The maximum Gasteiger partial charge on any atom is 0.118 e. The Morgan fingerprint density at radius 2 is 2.00 bits per heavy atom. The standard InChI is InChI=1S/C17H27NO/c1-4-6-7-16(18-14-5-2)11-8-15-9-12-17(19-3)13-10-15/h4,9-10,12-13,16,18H,1,5-8,11,14H2,2-3H3. The third-order valence-electron chi connectivity index (χ3n) is 3.34. The van der Waals surface area contributed by atoms with Crippen molar-refractivity contribution in [3.63, 3.8) is 0 Å². The predicted octanol–water partition coefficient (Wildman–Crippen LogP) is 3.96. The number of nitrogens with one attached hydrogen (secondary N) is 1. The quantitative estimate of drug-likeness (QED) is 0.644. The third kappa shape index (κ3) is 6.44. The maximum absolute atomic E-state index is 5.18. The number of benzene rings is 1. The molecule has 0 radical (unpaired) electrons. The summed E-state index contributed by atoms with van der Waals surface area (Å²) in [6.45, 7) is 7.12. The van der Waals surface area contributed by atoms with Gasteiger partial charge in [-0.3, -0.25) is 0 Å². The van der Waals surface area contributed by atoms with Gasteiger partial charge in [0.15, 0.2) is 0 Å². The Bertz CT molecular complexity index is 345. The molecular formula is C17H27NO. The topological polar surface area (TPSA) is 21.3 Å². The van der Waals surface area contributed by atoms with Crippen molar-refractivity contribution in [3.8, 4) is 5.75 Å². The molecule has 0 aliphatic carbocycles. The van der Waals surface area contributed by atoms with Crippen molar-refractivity contribution in [2.45, 2.75) is 45.1 Å². The van der Waals surface area contributed by atoms with E-state index in [9.17, 15) is 0 Å². The van der Waals surface area contributed by atoms with Gasteiger partial charge in [0.2, 0.25) is 0 Å². The van der Waals surface area contributed by atoms with Crippen LogP contribution in [0.4, 0.5) is 0 Å². The summed E-state index contributed by atoms with van der Waals surface area (Å²) in [5, 5.41) is 3.62. The summed E-state index contributed by atoms with van der Waals surface area (Å²) in [7, 11) is 1.70. The molecule has 0 aliphatic rings. The average molecular weight is 261 g/mol. The molecule has 0 bridgehead atoms. The lowest BCUT2D eigenvalue weighted by Gasteiger charge is -2.17. The molecule has 1 N–H and O–H groups in total. The van der Waals surface area contributed by atoms with Crippen LogP contribution in [0.2, 0.25) is 0 Å². The van der Waals surface area contributed by atoms with Crippen LogP contribution in [-0.4, -0.2) is 19.7 Å². The minimum Gasteiger partial charge on any atom is -0.497 e. The third-order valence-corrected chi connectivity index (χ3v) is 3.34. The second-order valence-electron chi connectivity index (χ2n) is 4.90. The number of aryl methyl sites for hydroxylation is 1. The molecule has 2 heteroatoms. The van der Waals surface area contributed by atoms with Gasteiger partial charge in [0, 0.05) is 6.04 Å². The summed E-state index contributed by atoms with van der Waals surface area (Å²) in [6, 6.07) is 8.98. The average Bonchev–Trinajstić information content (AvgIpc) is 2.47. The van der Waals surface area contributed by atoms with E-state index in [0.29, 0.717) is 6.04 Å². The highest BCUT2D eigenvalue weighted by atomic mass is 16.5. The van der Waals surface area contributed by atoms with Crippen molar-refractivity contribution in [1.29, 1.82) is 0 Å². The lowest BCUT2D eigenvalue weighted by atomic mass is 10.0. The molecule has 0 spiro atoms. The van der Waals surface area contributed by atoms with E-state index in [0.717, 1.165) is 25.1 Å². The SMILES string of the molecule is C=CCCC(CCc1ccc(OC)cc1)NCCC. The van der Waals surface area contributed by atoms with Crippen LogP contribution in [0.25, 0.3) is 0 Å². The van der Waals surface area contributed by atoms with Gasteiger partial charge in [-0.15, -0.1) is 6.58 Å². The number of rotatable bonds is 10. The predicted molar refractivity (Wildman–Crippen MR) is 82.8 cm³/mol. The van der Waals surface area contributed by atoms with Crippen molar-refractivity contribution in [2.75, 3.05) is 13.7 Å². The van der Waals surface area contributed by atoms with Crippen LogP contribution in [0.5, 0.6) is 5.75 Å². The van der Waals surface area contributed by atoms with Gasteiger partial charge in [0.25, 0.3) is 0 Å². The van der Waals surface area contributed by atoms with Gasteiger partial charge >= 0.3 is 0 Å². The molecule has 1 aromatic carbocycles. The number of methoxy groups -OCH3 is 1. The lowest BCUT2D eigenvalue weighted by molar-refractivity contribution is 0.414. The lowest BCUT2D eigenvalue weighted by Crippen LogP contribution is -2.30. The molecule has 0 fully saturated rings. The molecule has 0 saturated heterocycles. The first-order valence-corrected chi connectivity index (χ1v) is 7.27. The van der Waals surface area contributed by atoms with Crippen LogP contribution in [0.1, 0.15) is 38.2 Å². The first kappa shape index (κ1) is 15.8. The summed E-state index contributed by atoms with van der Waals surface area (Å²) in [5.41, 5.74) is 1.38. The molecule has 106 valence electrons. The molecule has 1 unspecified atom stereocenters. The first-order chi connectivity index (χ1) is 9.30. The molecule has 0 heterocycles. The molecule has 0 aromatic heterocycles. The van der Waals surface area contributed by atoms with E-state index >= 15 is 0 Å². The van der Waals surface area contributed by atoms with Crippen molar-refractivity contribution in [1.82, 2.24) is 5.32 Å². The molecular weight excluding hydrogens is 234 g/mol. The molecule has 0 amide bonds. The summed E-state index contributed by atoms with van der Waals surface area (Å²) in [6.07, 6.45) is 7.76. The van der Waals surface area contributed by atoms with Gasteiger partial charge < -0.3 is 10.1 Å². The number of ether oxygens (including phenoxy) is 1. The van der Waals surface area contributed by atoms with E-state index in [-0.39, 0.29) is 0 Å². The molecule has 1 aromatic rings. The fraction of sp³-hybridized carbons (Fsp3) is 0.529. The fourth-order valence-electron chi connectivity index (χ4n) is 2.15. The second-order valence-corrected chi connectivity index (χ2v) is 4.90. The van der Waals surface area contributed by atoms with E-state index in [2.05, 4.69) is 31.0 Å². The molecule has 1 rings (SSSR count). The Morgan fingerprint density at radius 3 is 2.58 bits per heavy atom. The molecule has 2 nitrogen and oxygen atoms in total. The van der Waals surface area contributed by atoms with E-state index in [4.69, 9.17) is 4.74 Å². The zero-order valence-electron chi connectivity index (χ0n) is 12.3.